The van der Waals surface area contributed by atoms with Gasteiger partial charge in [-0.05, 0) is 54.8 Å². The largest absolute Gasteiger partial charge is 0.489 e. The first-order valence-corrected chi connectivity index (χ1v) is 8.78. The lowest BCUT2D eigenvalue weighted by molar-refractivity contribution is 0.304. The van der Waals surface area contributed by atoms with Crippen molar-refractivity contribution in [2.24, 2.45) is 0 Å². The number of aryl methyl sites for hydroxylation is 2. The second kappa shape index (κ2) is 6.97. The van der Waals surface area contributed by atoms with Crippen molar-refractivity contribution in [3.8, 4) is 17.0 Å². The number of fused-ring (bicyclic) bond motifs is 1. The average molecular weight is 353 g/mol. The van der Waals surface area contributed by atoms with Crippen LogP contribution in [0.3, 0.4) is 0 Å². The Morgan fingerprint density at radius 1 is 1.00 bits per heavy atom. The number of rotatable bonds is 4. The molecule has 4 rings (SSSR count). The molecule has 0 fully saturated rings. The molecule has 0 aliphatic carbocycles. The van der Waals surface area contributed by atoms with Crippen molar-refractivity contribution in [3.05, 3.63) is 95.1 Å². The van der Waals surface area contributed by atoms with Gasteiger partial charge in [-0.25, -0.2) is 9.83 Å². The number of ether oxygens (including phenoxy) is 1. The fourth-order valence-corrected chi connectivity index (χ4v) is 3.04. The summed E-state index contributed by atoms with van der Waals surface area (Å²) in [7, 11) is 0. The van der Waals surface area contributed by atoms with Crippen molar-refractivity contribution < 1.29 is 4.74 Å². The normalized spacial score (nSPS) is 10.7. The van der Waals surface area contributed by atoms with Crippen LogP contribution in [0.5, 0.6) is 5.75 Å². The van der Waals surface area contributed by atoms with Crippen LogP contribution in [0, 0.1) is 20.4 Å². The molecule has 0 N–H and O–H groups in total. The van der Waals surface area contributed by atoms with Crippen LogP contribution in [0.2, 0.25) is 0 Å². The maximum atomic E-state index is 7.00. The Labute approximate surface area is 158 Å². The summed E-state index contributed by atoms with van der Waals surface area (Å²) in [6.07, 6.45) is 4.13. The quantitative estimate of drug-likeness (QED) is 0.438. The monoisotopic (exact) mass is 353 g/mol. The molecule has 4 heteroatoms. The molecular formula is C23H19N3O. The van der Waals surface area contributed by atoms with Gasteiger partial charge in [-0.15, -0.1) is 0 Å². The van der Waals surface area contributed by atoms with E-state index in [0.717, 1.165) is 33.8 Å². The molecule has 0 aliphatic heterocycles. The van der Waals surface area contributed by atoms with Gasteiger partial charge in [0.15, 0.2) is 5.69 Å². The zero-order chi connectivity index (χ0) is 18.8. The predicted octanol–water partition coefficient (Wildman–Crippen LogP) is 5.75. The topological polar surface area (TPSA) is 30.9 Å². The maximum Gasteiger partial charge on any atom is 0.187 e. The predicted molar refractivity (Wildman–Crippen MR) is 107 cm³/mol. The number of hydrogen-bond acceptors (Lipinski definition) is 2. The zero-order valence-electron chi connectivity index (χ0n) is 15.3. The number of benzene rings is 2. The third-order valence-electron chi connectivity index (χ3n) is 4.53. The van der Waals surface area contributed by atoms with Crippen molar-refractivity contribution in [2.75, 3.05) is 0 Å². The van der Waals surface area contributed by atoms with Crippen LogP contribution in [-0.2, 0) is 6.61 Å². The molecular weight excluding hydrogens is 334 g/mol. The van der Waals surface area contributed by atoms with Crippen molar-refractivity contribution in [3.63, 3.8) is 0 Å². The average Bonchev–Trinajstić information content (AvgIpc) is 3.10. The third-order valence-corrected chi connectivity index (χ3v) is 4.53. The van der Waals surface area contributed by atoms with E-state index < -0.39 is 0 Å². The molecule has 0 bridgehead atoms. The summed E-state index contributed by atoms with van der Waals surface area (Å²) in [6.45, 7) is 11.6. The number of nitrogens with zero attached hydrogens (tertiary/aromatic N) is 3. The van der Waals surface area contributed by atoms with Crippen LogP contribution < -0.4 is 4.74 Å². The van der Waals surface area contributed by atoms with Crippen molar-refractivity contribution in [2.45, 2.75) is 20.5 Å². The molecule has 0 spiro atoms. The summed E-state index contributed by atoms with van der Waals surface area (Å²) in [5, 5.41) is 0. The molecule has 2 heterocycles. The van der Waals surface area contributed by atoms with Crippen LogP contribution in [0.4, 0.5) is 5.69 Å². The summed E-state index contributed by atoms with van der Waals surface area (Å²) in [6, 6.07) is 17.7. The first kappa shape index (κ1) is 16.9. The van der Waals surface area contributed by atoms with Gasteiger partial charge in [0.25, 0.3) is 0 Å². The third kappa shape index (κ3) is 3.54. The number of imidazole rings is 1. The number of pyridine rings is 1. The fraction of sp³-hybridized carbons (Fsp3) is 0.130. The van der Waals surface area contributed by atoms with E-state index in [4.69, 9.17) is 16.3 Å². The van der Waals surface area contributed by atoms with Gasteiger partial charge in [0.2, 0.25) is 0 Å². The molecule has 0 aliphatic rings. The summed E-state index contributed by atoms with van der Waals surface area (Å²) in [4.78, 5) is 8.11. The lowest BCUT2D eigenvalue weighted by Gasteiger charge is -2.10. The highest BCUT2D eigenvalue weighted by Gasteiger charge is 2.08. The summed E-state index contributed by atoms with van der Waals surface area (Å²) in [5.41, 5.74) is 6.92. The van der Waals surface area contributed by atoms with Gasteiger partial charge in [0.05, 0.1) is 12.3 Å². The highest BCUT2D eigenvalue weighted by atomic mass is 16.5. The molecule has 0 radical (unpaired) electrons. The molecule has 0 saturated heterocycles. The fourth-order valence-electron chi connectivity index (χ4n) is 3.04. The molecule has 132 valence electrons. The Morgan fingerprint density at radius 3 is 2.56 bits per heavy atom. The number of hydrogen-bond donors (Lipinski definition) is 0. The Balaban J connectivity index is 1.53. The minimum atomic E-state index is 0.478. The number of aromatic nitrogens is 2. The second-order valence-corrected chi connectivity index (χ2v) is 6.65. The molecule has 0 atom stereocenters. The van der Waals surface area contributed by atoms with E-state index in [1.165, 1.54) is 5.56 Å². The Morgan fingerprint density at radius 2 is 1.81 bits per heavy atom. The molecule has 0 unspecified atom stereocenters. The zero-order valence-corrected chi connectivity index (χ0v) is 15.3. The van der Waals surface area contributed by atoms with E-state index in [2.05, 4.69) is 40.7 Å². The standard InChI is InChI=1S/C23H19N3O/c1-16-4-11-23-25-21(14-26(23)13-16)19-7-10-22(17(2)12-19)27-15-18-5-8-20(24-3)9-6-18/h4-14H,15H2,1-2H3. The van der Waals surface area contributed by atoms with Crippen molar-refractivity contribution in [1.82, 2.24) is 9.38 Å². The minimum Gasteiger partial charge on any atom is -0.489 e. The Hall–Kier alpha value is -3.58. The van der Waals surface area contributed by atoms with Crippen LogP contribution in [-0.4, -0.2) is 9.38 Å². The highest BCUT2D eigenvalue weighted by molar-refractivity contribution is 5.65. The molecule has 27 heavy (non-hydrogen) atoms. The lowest BCUT2D eigenvalue weighted by Crippen LogP contribution is -1.97. The highest BCUT2D eigenvalue weighted by Crippen LogP contribution is 2.27. The van der Waals surface area contributed by atoms with Crippen LogP contribution >= 0.6 is 0 Å². The smallest absolute Gasteiger partial charge is 0.187 e. The molecule has 0 amide bonds. The summed E-state index contributed by atoms with van der Waals surface area (Å²) < 4.78 is 8.01. The van der Waals surface area contributed by atoms with Gasteiger partial charge in [0, 0.05) is 18.0 Å². The molecule has 0 saturated carbocycles. The van der Waals surface area contributed by atoms with Crippen molar-refractivity contribution >= 4 is 11.3 Å². The van der Waals surface area contributed by atoms with Gasteiger partial charge in [-0.3, -0.25) is 0 Å². The maximum absolute atomic E-state index is 7.00. The molecule has 4 nitrogen and oxygen atoms in total. The first-order valence-electron chi connectivity index (χ1n) is 8.78. The van der Waals surface area contributed by atoms with Gasteiger partial charge in [-0.2, -0.15) is 0 Å². The minimum absolute atomic E-state index is 0.478. The lowest BCUT2D eigenvalue weighted by atomic mass is 10.1. The van der Waals surface area contributed by atoms with Gasteiger partial charge >= 0.3 is 0 Å². The van der Waals surface area contributed by atoms with Crippen LogP contribution in [0.25, 0.3) is 21.7 Å². The molecule has 2 aromatic carbocycles. The van der Waals surface area contributed by atoms with Crippen LogP contribution in [0.1, 0.15) is 16.7 Å². The van der Waals surface area contributed by atoms with E-state index in [0.29, 0.717) is 12.3 Å². The summed E-state index contributed by atoms with van der Waals surface area (Å²) in [5.74, 6) is 0.854. The van der Waals surface area contributed by atoms with E-state index in [1.807, 2.05) is 49.4 Å². The van der Waals surface area contributed by atoms with E-state index in [9.17, 15) is 0 Å². The molecule has 2 aromatic heterocycles. The Kier molecular flexibility index (Phi) is 4.35. The first-order chi connectivity index (χ1) is 13.1. The molecule has 4 aromatic rings. The van der Waals surface area contributed by atoms with Gasteiger partial charge < -0.3 is 9.14 Å². The van der Waals surface area contributed by atoms with Crippen LogP contribution in [0.15, 0.2) is 67.0 Å². The second-order valence-electron chi connectivity index (χ2n) is 6.65. The van der Waals surface area contributed by atoms with E-state index in [1.54, 1.807) is 0 Å². The Bertz CT molecular complexity index is 1150. The summed E-state index contributed by atoms with van der Waals surface area (Å²) >= 11 is 0. The SMILES string of the molecule is [C-]#[N+]c1ccc(COc2ccc(-c3cn4cc(C)ccc4n3)cc2C)cc1. The van der Waals surface area contributed by atoms with Crippen molar-refractivity contribution in [1.29, 1.82) is 0 Å². The van der Waals surface area contributed by atoms with Gasteiger partial charge in [0.1, 0.15) is 18.0 Å². The van der Waals surface area contributed by atoms with Gasteiger partial charge in [-0.1, -0.05) is 30.3 Å². The van der Waals surface area contributed by atoms with E-state index >= 15 is 0 Å². The van der Waals surface area contributed by atoms with E-state index in [-0.39, 0.29) is 0 Å².